The fourth-order valence-corrected chi connectivity index (χ4v) is 1.97. The molecule has 1 unspecified atom stereocenters. The van der Waals surface area contributed by atoms with E-state index in [1.54, 1.807) is 13.3 Å². The summed E-state index contributed by atoms with van der Waals surface area (Å²) < 4.78 is 5.20. The third-order valence-corrected chi connectivity index (χ3v) is 2.82. The molecule has 0 saturated carbocycles. The first-order valence-electron chi connectivity index (χ1n) is 5.82. The maximum absolute atomic E-state index is 5.20. The fourth-order valence-electron chi connectivity index (χ4n) is 1.97. The Hall–Kier alpha value is -1.94. The van der Waals surface area contributed by atoms with Crippen LogP contribution in [0.25, 0.3) is 0 Å². The van der Waals surface area contributed by atoms with E-state index in [-0.39, 0.29) is 6.04 Å². The Morgan fingerprint density at radius 3 is 2.33 bits per heavy atom. The van der Waals surface area contributed by atoms with Gasteiger partial charge in [0.05, 0.1) is 19.3 Å². The van der Waals surface area contributed by atoms with Gasteiger partial charge in [0.1, 0.15) is 5.75 Å². The number of rotatable bonds is 4. The molecule has 1 atom stereocenters. The van der Waals surface area contributed by atoms with Crippen molar-refractivity contribution in [2.75, 3.05) is 14.2 Å². The summed E-state index contributed by atoms with van der Waals surface area (Å²) in [5.41, 5.74) is 3.32. The number of methoxy groups -OCH3 is 1. The first-order chi connectivity index (χ1) is 8.74. The van der Waals surface area contributed by atoms with E-state index in [4.69, 9.17) is 4.74 Å². The second-order valence-corrected chi connectivity index (χ2v) is 4.18. The first kappa shape index (κ1) is 12.5. The van der Waals surface area contributed by atoms with E-state index < -0.39 is 0 Å². The van der Waals surface area contributed by atoms with Crippen molar-refractivity contribution in [3.63, 3.8) is 0 Å². The third-order valence-electron chi connectivity index (χ3n) is 2.82. The average Bonchev–Trinajstić information content (AvgIpc) is 2.40. The first-order valence-corrected chi connectivity index (χ1v) is 5.82. The molecule has 0 aliphatic heterocycles. The van der Waals surface area contributed by atoms with Crippen molar-refractivity contribution in [1.82, 2.24) is 15.3 Å². The Labute approximate surface area is 107 Å². The highest BCUT2D eigenvalue weighted by Gasteiger charge is 2.13. The van der Waals surface area contributed by atoms with Gasteiger partial charge in [-0.1, -0.05) is 6.07 Å². The highest BCUT2D eigenvalue weighted by Crippen LogP contribution is 2.23. The normalized spacial score (nSPS) is 12.2. The Kier molecular flexibility index (Phi) is 3.89. The Morgan fingerprint density at radius 1 is 1.06 bits per heavy atom. The largest absolute Gasteiger partial charge is 0.495 e. The molecule has 2 heterocycles. The van der Waals surface area contributed by atoms with Crippen molar-refractivity contribution in [2.24, 2.45) is 0 Å². The molecular weight excluding hydrogens is 226 g/mol. The predicted molar refractivity (Wildman–Crippen MR) is 70.7 cm³/mol. The minimum Gasteiger partial charge on any atom is -0.495 e. The quantitative estimate of drug-likeness (QED) is 0.893. The van der Waals surface area contributed by atoms with Crippen LogP contribution in [0.1, 0.15) is 22.7 Å². The number of ether oxygens (including phenoxy) is 1. The van der Waals surface area contributed by atoms with Gasteiger partial charge in [-0.15, -0.1) is 0 Å². The van der Waals surface area contributed by atoms with E-state index in [9.17, 15) is 0 Å². The summed E-state index contributed by atoms with van der Waals surface area (Å²) in [4.78, 5) is 8.42. The van der Waals surface area contributed by atoms with Crippen LogP contribution in [0, 0.1) is 6.92 Å². The number of aryl methyl sites for hydroxylation is 1. The van der Waals surface area contributed by atoms with Gasteiger partial charge < -0.3 is 10.1 Å². The molecule has 2 aromatic heterocycles. The van der Waals surface area contributed by atoms with Crippen LogP contribution in [-0.2, 0) is 0 Å². The molecule has 4 nitrogen and oxygen atoms in total. The monoisotopic (exact) mass is 243 g/mol. The van der Waals surface area contributed by atoms with Gasteiger partial charge in [0.2, 0.25) is 0 Å². The lowest BCUT2D eigenvalue weighted by atomic mass is 10.0. The number of hydrogen-bond acceptors (Lipinski definition) is 4. The van der Waals surface area contributed by atoms with Gasteiger partial charge in [0, 0.05) is 18.6 Å². The molecule has 0 fully saturated rings. The van der Waals surface area contributed by atoms with Gasteiger partial charge in [-0.25, -0.2) is 0 Å². The molecule has 2 rings (SSSR count). The Morgan fingerprint density at radius 2 is 1.72 bits per heavy atom. The molecule has 2 aromatic rings. The van der Waals surface area contributed by atoms with Crippen LogP contribution >= 0.6 is 0 Å². The fraction of sp³-hybridized carbons (Fsp3) is 0.286. The maximum Gasteiger partial charge on any atom is 0.137 e. The average molecular weight is 243 g/mol. The molecule has 0 amide bonds. The molecule has 4 heteroatoms. The van der Waals surface area contributed by atoms with Gasteiger partial charge in [0.25, 0.3) is 0 Å². The van der Waals surface area contributed by atoms with Crippen LogP contribution in [0.3, 0.4) is 0 Å². The number of pyridine rings is 2. The number of nitrogens with one attached hydrogen (secondary N) is 1. The second kappa shape index (κ2) is 5.60. The molecule has 0 aromatic carbocycles. The van der Waals surface area contributed by atoms with Gasteiger partial charge in [-0.05, 0) is 36.7 Å². The van der Waals surface area contributed by atoms with Crippen molar-refractivity contribution >= 4 is 0 Å². The molecule has 0 aliphatic rings. The minimum absolute atomic E-state index is 0.0694. The van der Waals surface area contributed by atoms with Gasteiger partial charge in [-0.2, -0.15) is 0 Å². The maximum atomic E-state index is 5.20. The van der Waals surface area contributed by atoms with Crippen molar-refractivity contribution in [2.45, 2.75) is 13.0 Å². The Bertz CT molecular complexity index is 528. The zero-order valence-corrected chi connectivity index (χ0v) is 10.8. The molecular formula is C14H17N3O. The van der Waals surface area contributed by atoms with Crippen molar-refractivity contribution < 1.29 is 4.74 Å². The number of aromatic nitrogens is 2. The van der Waals surface area contributed by atoms with Gasteiger partial charge in [-0.3, -0.25) is 9.97 Å². The summed E-state index contributed by atoms with van der Waals surface area (Å²) in [5, 5.41) is 3.28. The zero-order valence-electron chi connectivity index (χ0n) is 10.8. The summed E-state index contributed by atoms with van der Waals surface area (Å²) in [6.07, 6.45) is 7.25. The van der Waals surface area contributed by atoms with Crippen LogP contribution < -0.4 is 10.1 Å². The highest BCUT2D eigenvalue weighted by atomic mass is 16.5. The lowest BCUT2D eigenvalue weighted by molar-refractivity contribution is 0.411. The standard InChI is InChI=1S/C14H17N3O/c1-10-4-11(7-16-6-10)14(15-2)12-5-13(18-3)9-17-8-12/h4-9,14-15H,1-3H3. The van der Waals surface area contributed by atoms with Crippen LogP contribution in [0.4, 0.5) is 0 Å². The summed E-state index contributed by atoms with van der Waals surface area (Å²) in [5.74, 6) is 0.758. The van der Waals surface area contributed by atoms with E-state index >= 15 is 0 Å². The molecule has 0 saturated heterocycles. The number of nitrogens with zero attached hydrogens (tertiary/aromatic N) is 2. The molecule has 0 bridgehead atoms. The van der Waals surface area contributed by atoms with Crippen LogP contribution in [-0.4, -0.2) is 24.1 Å². The van der Waals surface area contributed by atoms with Crippen molar-refractivity contribution in [3.05, 3.63) is 53.6 Å². The third kappa shape index (κ3) is 2.65. The van der Waals surface area contributed by atoms with Gasteiger partial charge >= 0.3 is 0 Å². The number of hydrogen-bond donors (Lipinski definition) is 1. The summed E-state index contributed by atoms with van der Waals surface area (Å²) >= 11 is 0. The van der Waals surface area contributed by atoms with Crippen LogP contribution in [0.5, 0.6) is 5.75 Å². The van der Waals surface area contributed by atoms with E-state index in [0.717, 1.165) is 22.4 Å². The molecule has 0 radical (unpaired) electrons. The van der Waals surface area contributed by atoms with Gasteiger partial charge in [0.15, 0.2) is 0 Å². The minimum atomic E-state index is 0.0694. The molecule has 1 N–H and O–H groups in total. The smallest absolute Gasteiger partial charge is 0.137 e. The molecule has 18 heavy (non-hydrogen) atoms. The summed E-state index contributed by atoms with van der Waals surface area (Å²) in [6.45, 7) is 2.03. The molecule has 0 aliphatic carbocycles. The lowest BCUT2D eigenvalue weighted by Crippen LogP contribution is -2.18. The predicted octanol–water partition coefficient (Wildman–Crippen LogP) is 2.10. The highest BCUT2D eigenvalue weighted by molar-refractivity contribution is 5.33. The van der Waals surface area contributed by atoms with Crippen molar-refractivity contribution in [3.8, 4) is 5.75 Å². The Balaban J connectivity index is 2.38. The second-order valence-electron chi connectivity index (χ2n) is 4.18. The summed E-state index contributed by atoms with van der Waals surface area (Å²) in [6, 6.07) is 4.17. The molecule has 0 spiro atoms. The van der Waals surface area contributed by atoms with E-state index in [0.29, 0.717) is 0 Å². The zero-order chi connectivity index (χ0) is 13.0. The van der Waals surface area contributed by atoms with E-state index in [2.05, 4.69) is 21.4 Å². The van der Waals surface area contributed by atoms with E-state index in [1.807, 2.05) is 38.6 Å². The lowest BCUT2D eigenvalue weighted by Gasteiger charge is -2.17. The van der Waals surface area contributed by atoms with Crippen molar-refractivity contribution in [1.29, 1.82) is 0 Å². The summed E-state index contributed by atoms with van der Waals surface area (Å²) in [7, 11) is 3.57. The SMILES string of the molecule is CNC(c1cncc(C)c1)c1cncc(OC)c1. The topological polar surface area (TPSA) is 47.0 Å². The van der Waals surface area contributed by atoms with E-state index in [1.165, 1.54) is 0 Å². The van der Waals surface area contributed by atoms with Crippen LogP contribution in [0.2, 0.25) is 0 Å². The molecule has 94 valence electrons. The van der Waals surface area contributed by atoms with Crippen LogP contribution in [0.15, 0.2) is 36.9 Å².